The van der Waals surface area contributed by atoms with Crippen molar-refractivity contribution in [3.8, 4) is 0 Å². The van der Waals surface area contributed by atoms with E-state index < -0.39 is 0 Å². The van der Waals surface area contributed by atoms with Gasteiger partial charge in [0.15, 0.2) is 0 Å². The van der Waals surface area contributed by atoms with Crippen molar-refractivity contribution in [2.75, 3.05) is 20.2 Å². The van der Waals surface area contributed by atoms with E-state index in [2.05, 4.69) is 25.8 Å². The first-order valence-corrected chi connectivity index (χ1v) is 6.36. The molecule has 0 atom stereocenters. The predicted octanol–water partition coefficient (Wildman–Crippen LogP) is 2.66. The Morgan fingerprint density at radius 3 is 2.33 bits per heavy atom. The Kier molecular flexibility index (Phi) is 5.07. The fraction of sp³-hybridized carbons (Fsp3) is 1.00. The second-order valence-corrected chi connectivity index (χ2v) is 5.81. The normalized spacial score (nSPS) is 22.2. The van der Waals surface area contributed by atoms with Crippen molar-refractivity contribution in [3.63, 3.8) is 0 Å². The van der Waals surface area contributed by atoms with Crippen LogP contribution in [-0.2, 0) is 0 Å². The van der Waals surface area contributed by atoms with Gasteiger partial charge in [0.25, 0.3) is 0 Å². The highest BCUT2D eigenvalue weighted by atomic mass is 16.2. The zero-order valence-electron chi connectivity index (χ0n) is 10.6. The molecule has 2 heteroatoms. The summed E-state index contributed by atoms with van der Waals surface area (Å²) in [5, 5.41) is 8.74. The molecule has 2 nitrogen and oxygen atoms in total. The van der Waals surface area contributed by atoms with E-state index in [0.717, 1.165) is 25.4 Å². The molecule has 1 rings (SSSR count). The molecule has 0 aromatic rings. The highest BCUT2D eigenvalue weighted by molar-refractivity contribution is 4.82. The Hall–Kier alpha value is -0.0800. The van der Waals surface area contributed by atoms with E-state index in [1.807, 2.05) is 0 Å². The van der Waals surface area contributed by atoms with Crippen LogP contribution in [0.2, 0.25) is 0 Å². The molecule has 1 aliphatic carbocycles. The Morgan fingerprint density at radius 1 is 1.20 bits per heavy atom. The van der Waals surface area contributed by atoms with Crippen LogP contribution in [0.15, 0.2) is 0 Å². The molecule has 0 saturated heterocycles. The molecule has 0 spiro atoms. The molecule has 0 unspecified atom stereocenters. The first-order valence-electron chi connectivity index (χ1n) is 6.36. The highest BCUT2D eigenvalue weighted by Gasteiger charge is 2.28. The maximum atomic E-state index is 8.74. The van der Waals surface area contributed by atoms with E-state index >= 15 is 0 Å². The van der Waals surface area contributed by atoms with Crippen LogP contribution in [0.25, 0.3) is 0 Å². The predicted molar refractivity (Wildman–Crippen MR) is 65.0 cm³/mol. The average molecular weight is 213 g/mol. The van der Waals surface area contributed by atoms with Crippen molar-refractivity contribution < 1.29 is 5.11 Å². The van der Waals surface area contributed by atoms with Gasteiger partial charge in [0.05, 0.1) is 0 Å². The zero-order valence-corrected chi connectivity index (χ0v) is 10.6. The van der Waals surface area contributed by atoms with Gasteiger partial charge in [0.2, 0.25) is 0 Å². The van der Waals surface area contributed by atoms with E-state index in [1.165, 1.54) is 25.7 Å². The highest BCUT2D eigenvalue weighted by Crippen LogP contribution is 2.36. The zero-order chi connectivity index (χ0) is 11.3. The summed E-state index contributed by atoms with van der Waals surface area (Å²) in [7, 11) is 2.24. The molecular weight excluding hydrogens is 186 g/mol. The molecule has 1 aliphatic rings. The molecule has 0 heterocycles. The van der Waals surface area contributed by atoms with Gasteiger partial charge in [-0.25, -0.2) is 0 Å². The standard InChI is InChI=1S/C13H27NO/c1-13(2)8-6-12(7-9-13)14(3)10-4-5-11-15/h12,15H,4-11H2,1-3H3. The topological polar surface area (TPSA) is 23.5 Å². The SMILES string of the molecule is CN(CCCCO)C1CCC(C)(C)CC1. The average Bonchev–Trinajstić information content (AvgIpc) is 2.18. The Morgan fingerprint density at radius 2 is 1.80 bits per heavy atom. The van der Waals surface area contributed by atoms with E-state index in [-0.39, 0.29) is 0 Å². The molecule has 1 N–H and O–H groups in total. The Bertz CT molecular complexity index is 169. The lowest BCUT2D eigenvalue weighted by atomic mass is 9.75. The number of aliphatic hydroxyl groups is 1. The summed E-state index contributed by atoms with van der Waals surface area (Å²) in [6, 6.07) is 0.789. The first-order chi connectivity index (χ1) is 7.05. The summed E-state index contributed by atoms with van der Waals surface area (Å²) < 4.78 is 0. The van der Waals surface area contributed by atoms with Crippen molar-refractivity contribution in [3.05, 3.63) is 0 Å². The third-order valence-corrected chi connectivity index (χ3v) is 3.85. The number of hydrogen-bond donors (Lipinski definition) is 1. The molecule has 1 fully saturated rings. The smallest absolute Gasteiger partial charge is 0.0431 e. The van der Waals surface area contributed by atoms with Crippen molar-refractivity contribution in [2.24, 2.45) is 5.41 Å². The largest absolute Gasteiger partial charge is 0.396 e. The van der Waals surface area contributed by atoms with Crippen molar-refractivity contribution in [1.82, 2.24) is 4.90 Å². The number of nitrogens with zero attached hydrogens (tertiary/aromatic N) is 1. The molecular formula is C13H27NO. The second-order valence-electron chi connectivity index (χ2n) is 5.81. The van der Waals surface area contributed by atoms with Crippen LogP contribution in [0.1, 0.15) is 52.4 Å². The van der Waals surface area contributed by atoms with Gasteiger partial charge < -0.3 is 10.0 Å². The summed E-state index contributed by atoms with van der Waals surface area (Å²) in [4.78, 5) is 2.49. The molecule has 0 aliphatic heterocycles. The third kappa shape index (κ3) is 4.52. The lowest BCUT2D eigenvalue weighted by molar-refractivity contribution is 0.124. The second kappa shape index (κ2) is 5.86. The minimum atomic E-state index is 0.339. The number of rotatable bonds is 5. The van der Waals surface area contributed by atoms with Crippen molar-refractivity contribution >= 4 is 0 Å². The van der Waals surface area contributed by atoms with Gasteiger partial charge in [-0.3, -0.25) is 0 Å². The molecule has 0 radical (unpaired) electrons. The van der Waals surface area contributed by atoms with Gasteiger partial charge in [0, 0.05) is 12.6 Å². The van der Waals surface area contributed by atoms with Gasteiger partial charge >= 0.3 is 0 Å². The van der Waals surface area contributed by atoms with Gasteiger partial charge in [-0.05, 0) is 57.5 Å². The van der Waals surface area contributed by atoms with Gasteiger partial charge in [-0.1, -0.05) is 13.8 Å². The number of aliphatic hydroxyl groups excluding tert-OH is 1. The maximum Gasteiger partial charge on any atom is 0.0431 e. The molecule has 0 bridgehead atoms. The third-order valence-electron chi connectivity index (χ3n) is 3.85. The molecule has 0 aromatic heterocycles. The Labute approximate surface area is 94.7 Å². The molecule has 90 valence electrons. The quantitative estimate of drug-likeness (QED) is 0.710. The van der Waals surface area contributed by atoms with E-state index in [4.69, 9.17) is 5.11 Å². The summed E-state index contributed by atoms with van der Waals surface area (Å²) in [5.74, 6) is 0. The summed E-state index contributed by atoms with van der Waals surface area (Å²) in [5.41, 5.74) is 0.572. The lowest BCUT2D eigenvalue weighted by Gasteiger charge is -2.38. The molecule has 0 aromatic carbocycles. The van der Waals surface area contributed by atoms with E-state index in [1.54, 1.807) is 0 Å². The minimum absolute atomic E-state index is 0.339. The maximum absolute atomic E-state index is 8.74. The Balaban J connectivity index is 2.21. The van der Waals surface area contributed by atoms with Crippen molar-refractivity contribution in [1.29, 1.82) is 0 Å². The van der Waals surface area contributed by atoms with Crippen LogP contribution in [0.3, 0.4) is 0 Å². The van der Waals surface area contributed by atoms with Crippen LogP contribution in [0, 0.1) is 5.41 Å². The van der Waals surface area contributed by atoms with Gasteiger partial charge in [0.1, 0.15) is 0 Å². The number of hydrogen-bond acceptors (Lipinski definition) is 2. The van der Waals surface area contributed by atoms with Crippen LogP contribution in [0.5, 0.6) is 0 Å². The van der Waals surface area contributed by atoms with Crippen LogP contribution < -0.4 is 0 Å². The van der Waals surface area contributed by atoms with Crippen LogP contribution >= 0.6 is 0 Å². The monoisotopic (exact) mass is 213 g/mol. The lowest BCUT2D eigenvalue weighted by Crippen LogP contribution is -2.37. The fourth-order valence-electron chi connectivity index (χ4n) is 2.48. The summed E-state index contributed by atoms with van der Waals surface area (Å²) >= 11 is 0. The van der Waals surface area contributed by atoms with E-state index in [0.29, 0.717) is 12.0 Å². The fourth-order valence-corrected chi connectivity index (χ4v) is 2.48. The molecule has 15 heavy (non-hydrogen) atoms. The van der Waals surface area contributed by atoms with Gasteiger partial charge in [-0.2, -0.15) is 0 Å². The number of unbranched alkanes of at least 4 members (excludes halogenated alkanes) is 1. The first kappa shape index (κ1) is 13.0. The van der Waals surface area contributed by atoms with Crippen molar-refractivity contribution in [2.45, 2.75) is 58.4 Å². The summed E-state index contributed by atoms with van der Waals surface area (Å²) in [6.07, 6.45) is 7.50. The summed E-state index contributed by atoms with van der Waals surface area (Å²) in [6.45, 7) is 6.25. The molecule has 1 saturated carbocycles. The van der Waals surface area contributed by atoms with E-state index in [9.17, 15) is 0 Å². The molecule has 0 amide bonds. The van der Waals surface area contributed by atoms with Gasteiger partial charge in [-0.15, -0.1) is 0 Å². The minimum Gasteiger partial charge on any atom is -0.396 e. The van der Waals surface area contributed by atoms with Crippen LogP contribution in [-0.4, -0.2) is 36.2 Å². The van der Waals surface area contributed by atoms with Crippen LogP contribution in [0.4, 0.5) is 0 Å².